The lowest BCUT2D eigenvalue weighted by atomic mass is 9.82. The number of benzene rings is 1. The van der Waals surface area contributed by atoms with Crippen molar-refractivity contribution in [3.05, 3.63) is 82.0 Å². The van der Waals surface area contributed by atoms with Crippen molar-refractivity contribution in [2.75, 3.05) is 20.3 Å². The SMILES string of the molecule is COC(=O)c1ccc(C2CC=CC=C2[C@@H](C)OC[C@H](O)C[NH2+]C(C)(C)CC2CC3=C(CCC=C3)C2)cc1C. The lowest BCUT2D eigenvalue weighted by molar-refractivity contribution is -0.727. The Morgan fingerprint density at radius 3 is 2.79 bits per heavy atom. The highest BCUT2D eigenvalue weighted by atomic mass is 16.5. The number of aliphatic hydroxyl groups excluding tert-OH is 1. The van der Waals surface area contributed by atoms with Gasteiger partial charge in [0.1, 0.15) is 12.6 Å². The molecule has 0 saturated carbocycles. The number of quaternary nitrogens is 1. The molecule has 0 saturated heterocycles. The van der Waals surface area contributed by atoms with E-state index in [1.54, 1.807) is 11.1 Å². The third-order valence-electron chi connectivity index (χ3n) is 8.45. The summed E-state index contributed by atoms with van der Waals surface area (Å²) in [5.74, 6) is 0.592. The van der Waals surface area contributed by atoms with Crippen molar-refractivity contribution in [3.8, 4) is 0 Å². The number of esters is 1. The molecule has 0 radical (unpaired) electrons. The number of carbonyl (C=O) groups excluding carboxylic acids is 1. The number of hydrogen-bond donors (Lipinski definition) is 2. The van der Waals surface area contributed by atoms with Crippen LogP contribution < -0.4 is 5.32 Å². The van der Waals surface area contributed by atoms with Gasteiger partial charge in [-0.3, -0.25) is 0 Å². The Morgan fingerprint density at radius 2 is 2.05 bits per heavy atom. The number of methoxy groups -OCH3 is 1. The van der Waals surface area contributed by atoms with Crippen LogP contribution in [-0.4, -0.2) is 49.1 Å². The summed E-state index contributed by atoms with van der Waals surface area (Å²) in [6.45, 7) is 9.56. The summed E-state index contributed by atoms with van der Waals surface area (Å²) >= 11 is 0. The maximum atomic E-state index is 12.0. The van der Waals surface area contributed by atoms with Gasteiger partial charge in [0.05, 0.1) is 30.9 Å². The number of carbonyl (C=O) groups is 1. The van der Waals surface area contributed by atoms with E-state index >= 15 is 0 Å². The molecule has 3 N–H and O–H groups in total. The molecular formula is C33H46NO4+. The van der Waals surface area contributed by atoms with Crippen molar-refractivity contribution in [1.29, 1.82) is 0 Å². The van der Waals surface area contributed by atoms with Crippen molar-refractivity contribution < 1.29 is 24.7 Å². The Bertz CT molecular complexity index is 1130. The highest BCUT2D eigenvalue weighted by Gasteiger charge is 2.32. The fourth-order valence-corrected chi connectivity index (χ4v) is 6.42. The fraction of sp³-hybridized carbons (Fsp3) is 0.545. The molecule has 0 amide bonds. The second kappa shape index (κ2) is 12.6. The summed E-state index contributed by atoms with van der Waals surface area (Å²) < 4.78 is 11.1. The van der Waals surface area contributed by atoms with Crippen LogP contribution in [0.1, 0.15) is 86.7 Å². The van der Waals surface area contributed by atoms with E-state index in [4.69, 9.17) is 9.47 Å². The minimum atomic E-state index is -0.519. The molecule has 4 atom stereocenters. The smallest absolute Gasteiger partial charge is 0.338 e. The molecule has 4 rings (SSSR count). The van der Waals surface area contributed by atoms with Crippen LogP contribution in [0, 0.1) is 12.8 Å². The van der Waals surface area contributed by atoms with Gasteiger partial charge in [-0.15, -0.1) is 0 Å². The third kappa shape index (κ3) is 7.13. The van der Waals surface area contributed by atoms with Gasteiger partial charge in [0.25, 0.3) is 0 Å². The van der Waals surface area contributed by atoms with Crippen LogP contribution in [0.5, 0.6) is 0 Å². The van der Waals surface area contributed by atoms with Crippen molar-refractivity contribution in [1.82, 2.24) is 0 Å². The quantitative estimate of drug-likeness (QED) is 0.388. The van der Waals surface area contributed by atoms with Gasteiger partial charge in [0.15, 0.2) is 0 Å². The first-order valence-corrected chi connectivity index (χ1v) is 14.2. The van der Waals surface area contributed by atoms with E-state index in [0.29, 0.717) is 18.7 Å². The van der Waals surface area contributed by atoms with Gasteiger partial charge < -0.3 is 19.9 Å². The highest BCUT2D eigenvalue weighted by Crippen LogP contribution is 2.40. The molecule has 0 spiro atoms. The molecule has 0 aromatic heterocycles. The minimum Gasteiger partial charge on any atom is -0.465 e. The molecule has 0 fully saturated rings. The minimum absolute atomic E-state index is 0.0889. The second-order valence-corrected chi connectivity index (χ2v) is 12.1. The summed E-state index contributed by atoms with van der Waals surface area (Å²) in [6.07, 6.45) is 17.4. The Labute approximate surface area is 228 Å². The number of allylic oxidation sites excluding steroid dienone is 7. The van der Waals surface area contributed by atoms with Gasteiger partial charge in [0, 0.05) is 12.3 Å². The maximum absolute atomic E-state index is 12.0. The number of aryl methyl sites for hydroxylation is 1. The van der Waals surface area contributed by atoms with Crippen molar-refractivity contribution in [2.24, 2.45) is 5.92 Å². The third-order valence-corrected chi connectivity index (χ3v) is 8.45. The molecule has 5 nitrogen and oxygen atoms in total. The summed E-state index contributed by atoms with van der Waals surface area (Å²) in [4.78, 5) is 12.0. The Hall–Kier alpha value is -2.47. The molecule has 1 aromatic rings. The summed E-state index contributed by atoms with van der Waals surface area (Å²) in [7, 11) is 1.41. The first-order chi connectivity index (χ1) is 18.2. The number of rotatable bonds is 11. The molecule has 5 heteroatoms. The van der Waals surface area contributed by atoms with Crippen LogP contribution in [0.2, 0.25) is 0 Å². The molecule has 3 aliphatic rings. The maximum Gasteiger partial charge on any atom is 0.338 e. The highest BCUT2D eigenvalue weighted by molar-refractivity contribution is 5.91. The monoisotopic (exact) mass is 520 g/mol. The van der Waals surface area contributed by atoms with Crippen LogP contribution in [0.25, 0.3) is 0 Å². The molecule has 38 heavy (non-hydrogen) atoms. The Morgan fingerprint density at radius 1 is 1.24 bits per heavy atom. The standard InChI is InChI=1S/C33H45NO4/c1-22-16-27(14-15-29(22)32(36)37-5)31-13-9-8-12-30(31)23(2)38-21-28(35)20-34-33(3,4)19-24-17-25-10-6-7-11-26(25)18-24/h6,8-10,12,14-16,23-24,28,31,34-35H,7,11,13,17-21H2,1-5H3/p+1/t23-,24?,28-,31?/m1/s1. The number of nitrogens with two attached hydrogens (primary N) is 1. The summed E-state index contributed by atoms with van der Waals surface area (Å²) in [5.41, 5.74) is 7.22. The first-order valence-electron chi connectivity index (χ1n) is 14.2. The van der Waals surface area contributed by atoms with Gasteiger partial charge in [-0.2, -0.15) is 0 Å². The van der Waals surface area contributed by atoms with Crippen molar-refractivity contribution in [2.45, 2.75) is 89.9 Å². The van der Waals surface area contributed by atoms with Gasteiger partial charge in [-0.1, -0.05) is 48.1 Å². The lowest BCUT2D eigenvalue weighted by Crippen LogP contribution is -2.97. The van der Waals surface area contributed by atoms with E-state index in [-0.39, 0.29) is 23.5 Å². The topological polar surface area (TPSA) is 72.4 Å². The predicted molar refractivity (Wildman–Crippen MR) is 152 cm³/mol. The molecule has 206 valence electrons. The van der Waals surface area contributed by atoms with Gasteiger partial charge >= 0.3 is 5.97 Å². The van der Waals surface area contributed by atoms with Gasteiger partial charge in [-0.25, -0.2) is 4.79 Å². The number of aliphatic hydroxyl groups is 1. The van der Waals surface area contributed by atoms with E-state index in [1.165, 1.54) is 38.4 Å². The largest absolute Gasteiger partial charge is 0.465 e. The fourth-order valence-electron chi connectivity index (χ4n) is 6.42. The molecule has 0 heterocycles. The zero-order valence-electron chi connectivity index (χ0n) is 23.8. The summed E-state index contributed by atoms with van der Waals surface area (Å²) in [5, 5.41) is 13.1. The average Bonchev–Trinajstić information content (AvgIpc) is 3.31. The van der Waals surface area contributed by atoms with Crippen molar-refractivity contribution >= 4 is 5.97 Å². The normalized spacial score (nSPS) is 22.7. The van der Waals surface area contributed by atoms with Gasteiger partial charge in [-0.05, 0) is 94.1 Å². The van der Waals surface area contributed by atoms with Crippen LogP contribution in [0.4, 0.5) is 0 Å². The molecular weight excluding hydrogens is 474 g/mol. The van der Waals surface area contributed by atoms with E-state index in [9.17, 15) is 9.90 Å². The zero-order valence-corrected chi connectivity index (χ0v) is 23.8. The summed E-state index contributed by atoms with van der Waals surface area (Å²) in [6, 6.07) is 5.95. The van der Waals surface area contributed by atoms with E-state index in [1.807, 2.05) is 19.1 Å². The molecule has 3 aliphatic carbocycles. The molecule has 0 bridgehead atoms. The molecule has 1 aromatic carbocycles. The van der Waals surface area contributed by atoms with Crippen LogP contribution in [0.3, 0.4) is 0 Å². The molecule has 0 aliphatic heterocycles. The predicted octanol–water partition coefficient (Wildman–Crippen LogP) is 5.31. The average molecular weight is 521 g/mol. The number of ether oxygens (including phenoxy) is 2. The first kappa shape index (κ1) is 28.5. The molecule has 2 unspecified atom stereocenters. The van der Waals surface area contributed by atoms with Crippen molar-refractivity contribution in [3.63, 3.8) is 0 Å². The Kier molecular flexibility index (Phi) is 9.45. The zero-order chi connectivity index (χ0) is 27.3. The van der Waals surface area contributed by atoms with Gasteiger partial charge in [0.2, 0.25) is 0 Å². The lowest BCUT2D eigenvalue weighted by Gasteiger charge is -2.29. The van der Waals surface area contributed by atoms with E-state index in [0.717, 1.165) is 29.9 Å². The van der Waals surface area contributed by atoms with Crippen LogP contribution in [-0.2, 0) is 9.47 Å². The Balaban J connectivity index is 1.26. The van der Waals surface area contributed by atoms with E-state index < -0.39 is 6.10 Å². The van der Waals surface area contributed by atoms with Crippen LogP contribution in [0.15, 0.2) is 65.3 Å². The van der Waals surface area contributed by atoms with E-state index in [2.05, 4.69) is 62.5 Å². The second-order valence-electron chi connectivity index (χ2n) is 12.1. The van der Waals surface area contributed by atoms with Crippen LogP contribution >= 0.6 is 0 Å². The number of hydrogen-bond acceptors (Lipinski definition) is 4.